The van der Waals surface area contributed by atoms with E-state index in [1.54, 1.807) is 54.2 Å². The summed E-state index contributed by atoms with van der Waals surface area (Å²) in [5.41, 5.74) is 1.96. The lowest BCUT2D eigenvalue weighted by molar-refractivity contribution is -0.150. The Bertz CT molecular complexity index is 2150. The van der Waals surface area contributed by atoms with Gasteiger partial charge >= 0.3 is 11.9 Å². The van der Waals surface area contributed by atoms with Gasteiger partial charge in [0.15, 0.2) is 0 Å². The zero-order valence-electron chi connectivity index (χ0n) is 35.3. The van der Waals surface area contributed by atoms with Gasteiger partial charge < -0.3 is 28.8 Å². The lowest BCUT2D eigenvalue weighted by atomic mass is 9.98. The molecule has 10 heteroatoms. The fourth-order valence-corrected chi connectivity index (χ4v) is 6.72. The molecule has 0 aromatic carbocycles. The summed E-state index contributed by atoms with van der Waals surface area (Å²) in [7, 11) is 3.32. The molecule has 55 heavy (non-hydrogen) atoms. The van der Waals surface area contributed by atoms with Gasteiger partial charge in [-0.3, -0.25) is 9.59 Å². The number of pyridine rings is 2. The molecule has 0 atom stereocenters. The first-order chi connectivity index (χ1) is 25.2. The van der Waals surface area contributed by atoms with Gasteiger partial charge in [-0.2, -0.15) is 0 Å². The summed E-state index contributed by atoms with van der Waals surface area (Å²) >= 11 is 0. The minimum Gasteiger partial charge on any atom is -0.456 e. The summed E-state index contributed by atoms with van der Waals surface area (Å²) in [6, 6.07) is 0. The topological polar surface area (TPSA) is 137 Å². The third-order valence-electron chi connectivity index (χ3n) is 9.32. The molecule has 4 rings (SSSR count). The molecule has 0 bridgehead atoms. The second kappa shape index (κ2) is 17.0. The number of aliphatic hydroxyl groups is 2. The Kier molecular flexibility index (Phi) is 13.8. The zero-order valence-corrected chi connectivity index (χ0v) is 35.3. The molecule has 2 N–H and O–H groups in total. The van der Waals surface area contributed by atoms with Crippen LogP contribution >= 0.6 is 0 Å². The van der Waals surface area contributed by atoms with Crippen LogP contribution in [0, 0.1) is 23.7 Å². The molecule has 2 aromatic rings. The Hall–Kier alpha value is -4.64. The molecule has 0 amide bonds. The number of hydrogen-bond donors (Lipinski definition) is 2. The van der Waals surface area contributed by atoms with E-state index < -0.39 is 34.3 Å². The summed E-state index contributed by atoms with van der Waals surface area (Å²) in [6.45, 7) is 21.8. The van der Waals surface area contributed by atoms with Gasteiger partial charge in [-0.05, 0) is 88.5 Å². The smallest absolute Gasteiger partial charge is 0.339 e. The van der Waals surface area contributed by atoms with Gasteiger partial charge in [-0.25, -0.2) is 9.59 Å². The molecule has 2 heterocycles. The molecule has 0 saturated heterocycles. The van der Waals surface area contributed by atoms with Crippen molar-refractivity contribution in [2.24, 2.45) is 14.1 Å². The Morgan fingerprint density at radius 1 is 0.673 bits per heavy atom. The first-order valence-corrected chi connectivity index (χ1v) is 19.1. The van der Waals surface area contributed by atoms with Crippen molar-refractivity contribution in [3.05, 3.63) is 77.6 Å². The average Bonchev–Trinajstić information content (AvgIpc) is 3.58. The number of aryl methyl sites for hydroxylation is 2. The second-order valence-corrected chi connectivity index (χ2v) is 17.1. The van der Waals surface area contributed by atoms with Crippen LogP contribution in [0.2, 0.25) is 0 Å². The third-order valence-corrected chi connectivity index (χ3v) is 9.32. The van der Waals surface area contributed by atoms with E-state index in [-0.39, 0.29) is 11.1 Å². The number of hydrogen-bond acceptors (Lipinski definition) is 8. The predicted molar refractivity (Wildman–Crippen MR) is 217 cm³/mol. The first kappa shape index (κ1) is 44.8. The number of carbonyl (C=O) groups excluding carboxylic acids is 2. The van der Waals surface area contributed by atoms with Gasteiger partial charge in [-0.1, -0.05) is 61.5 Å². The molecule has 0 fully saturated rings. The molecule has 0 aliphatic heterocycles. The van der Waals surface area contributed by atoms with Crippen LogP contribution in [-0.2, 0) is 46.0 Å². The summed E-state index contributed by atoms with van der Waals surface area (Å²) in [6.07, 6.45) is 8.46. The van der Waals surface area contributed by atoms with E-state index in [1.165, 1.54) is 9.13 Å². The monoisotopic (exact) mass is 756 g/mol. The van der Waals surface area contributed by atoms with Crippen LogP contribution in [0.3, 0.4) is 0 Å². The zero-order chi connectivity index (χ0) is 41.8. The van der Waals surface area contributed by atoms with Gasteiger partial charge in [-0.15, -0.1) is 0 Å². The third kappa shape index (κ3) is 11.4. The SMILES string of the molecule is CCCC(C)(C)OC(=O)C1=C(C)Cc2c1c(C#CC(C)(C)O)cn(C)c2=O.CCCCC(C)(C)OC(=O)C1=C(C)Cc2c1c(C#CC(C)(C)O)cn(C)c2=O. The van der Waals surface area contributed by atoms with Gasteiger partial charge in [0, 0.05) is 72.7 Å². The minimum atomic E-state index is -1.18. The summed E-state index contributed by atoms with van der Waals surface area (Å²) in [5.74, 6) is 10.6. The van der Waals surface area contributed by atoms with E-state index in [1.807, 2.05) is 48.5 Å². The highest BCUT2D eigenvalue weighted by molar-refractivity contribution is 6.20. The molecule has 2 aliphatic carbocycles. The fraction of sp³-hybridized carbons (Fsp3) is 0.556. The average molecular weight is 757 g/mol. The maximum atomic E-state index is 13.1. The molecule has 0 radical (unpaired) electrons. The number of esters is 2. The van der Waals surface area contributed by atoms with Crippen LogP contribution in [-0.4, -0.2) is 53.7 Å². The molecule has 0 spiro atoms. The van der Waals surface area contributed by atoms with E-state index in [0.29, 0.717) is 57.4 Å². The van der Waals surface area contributed by atoms with Crippen molar-refractivity contribution in [2.75, 3.05) is 0 Å². The maximum Gasteiger partial charge on any atom is 0.339 e. The number of allylic oxidation sites excluding steroid dienone is 2. The van der Waals surface area contributed by atoms with Crippen molar-refractivity contribution >= 4 is 23.1 Å². The van der Waals surface area contributed by atoms with Gasteiger partial charge in [0.25, 0.3) is 11.1 Å². The lowest BCUT2D eigenvalue weighted by Crippen LogP contribution is -2.29. The van der Waals surface area contributed by atoms with Crippen LogP contribution in [0.5, 0.6) is 0 Å². The number of nitrogens with zero attached hydrogens (tertiary/aromatic N) is 2. The van der Waals surface area contributed by atoms with E-state index in [9.17, 15) is 29.4 Å². The molecular weight excluding hydrogens is 697 g/mol. The van der Waals surface area contributed by atoms with Crippen molar-refractivity contribution in [1.82, 2.24) is 9.13 Å². The molecule has 10 nitrogen and oxygen atoms in total. The van der Waals surface area contributed by atoms with Gasteiger partial charge in [0.05, 0.1) is 11.1 Å². The normalized spacial score (nSPS) is 13.9. The second-order valence-electron chi connectivity index (χ2n) is 17.1. The summed E-state index contributed by atoms with van der Waals surface area (Å²) in [5, 5.41) is 19.9. The van der Waals surface area contributed by atoms with Crippen LogP contribution in [0.4, 0.5) is 0 Å². The molecular formula is C45H60N2O8. The Morgan fingerprint density at radius 3 is 1.36 bits per heavy atom. The molecule has 2 aliphatic rings. The van der Waals surface area contributed by atoms with Gasteiger partial charge in [0.1, 0.15) is 22.4 Å². The van der Waals surface area contributed by atoms with Crippen molar-refractivity contribution in [3.63, 3.8) is 0 Å². The largest absolute Gasteiger partial charge is 0.456 e. The Labute approximate surface area is 326 Å². The highest BCUT2D eigenvalue weighted by Gasteiger charge is 2.35. The molecule has 298 valence electrons. The van der Waals surface area contributed by atoms with Crippen LogP contribution in [0.25, 0.3) is 11.1 Å². The summed E-state index contributed by atoms with van der Waals surface area (Å²) in [4.78, 5) is 51.3. The number of ether oxygens (including phenoxy) is 2. The van der Waals surface area contributed by atoms with Crippen molar-refractivity contribution in [1.29, 1.82) is 0 Å². The van der Waals surface area contributed by atoms with Crippen LogP contribution in [0.1, 0.15) is 149 Å². The molecule has 2 aromatic heterocycles. The Balaban J connectivity index is 0.000000296. The maximum absolute atomic E-state index is 13.1. The Morgan fingerprint density at radius 2 is 1.04 bits per heavy atom. The quantitative estimate of drug-likeness (QED) is 0.225. The van der Waals surface area contributed by atoms with E-state index >= 15 is 0 Å². The number of aromatic nitrogens is 2. The number of unbranched alkanes of at least 4 members (excludes halogenated alkanes) is 1. The first-order valence-electron chi connectivity index (χ1n) is 19.1. The number of fused-ring (bicyclic) bond motifs is 2. The number of rotatable bonds is 9. The van der Waals surface area contributed by atoms with Crippen molar-refractivity contribution in [2.45, 2.75) is 150 Å². The van der Waals surface area contributed by atoms with E-state index in [2.05, 4.69) is 30.6 Å². The highest BCUT2D eigenvalue weighted by Crippen LogP contribution is 2.37. The molecule has 0 unspecified atom stereocenters. The highest BCUT2D eigenvalue weighted by atomic mass is 16.6. The van der Waals surface area contributed by atoms with Crippen LogP contribution in [0.15, 0.2) is 33.1 Å². The standard InChI is InChI=1S/C23H31NO4.C22H29NO4/c1-8-9-11-23(5,6)28-21(26)18-15(2)13-17-19(18)16(10-12-22(3,4)27)14-24(7)20(17)25;1-8-10-22(5,6)27-20(25)17-14(2)12-16-18(17)15(9-11-21(3,4)26)13-23(7)19(16)24/h14,27H,8-9,11,13H2,1-7H3;13,26H,8,10,12H2,1-7H3. The van der Waals surface area contributed by atoms with Crippen molar-refractivity contribution < 1.29 is 29.3 Å². The molecule has 0 saturated carbocycles. The van der Waals surface area contributed by atoms with Gasteiger partial charge in [0.2, 0.25) is 0 Å². The predicted octanol–water partition coefficient (Wildman–Crippen LogP) is 6.31. The van der Waals surface area contributed by atoms with Crippen LogP contribution < -0.4 is 11.1 Å². The fourth-order valence-electron chi connectivity index (χ4n) is 6.72. The number of carbonyl (C=O) groups is 2. The summed E-state index contributed by atoms with van der Waals surface area (Å²) < 4.78 is 14.5. The minimum absolute atomic E-state index is 0.142. The lowest BCUT2D eigenvalue weighted by Gasteiger charge is -2.26. The van der Waals surface area contributed by atoms with E-state index in [0.717, 1.165) is 43.3 Å². The van der Waals surface area contributed by atoms with E-state index in [4.69, 9.17) is 9.47 Å². The van der Waals surface area contributed by atoms with Crippen molar-refractivity contribution in [3.8, 4) is 23.7 Å².